The van der Waals surface area contributed by atoms with Gasteiger partial charge >= 0.3 is 0 Å². The molecule has 0 aliphatic carbocycles. The first kappa shape index (κ1) is 16.0. The van der Waals surface area contributed by atoms with Crippen molar-refractivity contribution in [1.29, 1.82) is 0 Å². The lowest BCUT2D eigenvalue weighted by Crippen LogP contribution is -2.44. The Bertz CT molecular complexity index is 558. The summed E-state index contributed by atoms with van der Waals surface area (Å²) in [5.41, 5.74) is 1.24. The van der Waals surface area contributed by atoms with Crippen LogP contribution in [-0.4, -0.2) is 44.0 Å². The molecule has 0 unspecified atom stereocenters. The highest BCUT2D eigenvalue weighted by Gasteiger charge is 2.27. The Hall–Kier alpha value is -1.40. The number of benzene rings is 1. The van der Waals surface area contributed by atoms with Gasteiger partial charge in [-0.3, -0.25) is 4.79 Å². The van der Waals surface area contributed by atoms with E-state index in [-0.39, 0.29) is 18.2 Å². The summed E-state index contributed by atoms with van der Waals surface area (Å²) in [5.74, 6) is -0.0533. The van der Waals surface area contributed by atoms with Crippen LogP contribution in [0.3, 0.4) is 0 Å². The molecule has 1 aliphatic rings. The lowest BCUT2D eigenvalue weighted by atomic mass is 10.1. The Balaban J connectivity index is 1.68. The topological polar surface area (TPSA) is 66.5 Å². The third kappa shape index (κ3) is 5.13. The molecule has 21 heavy (non-hydrogen) atoms. The van der Waals surface area contributed by atoms with Gasteiger partial charge in [-0.05, 0) is 31.2 Å². The van der Waals surface area contributed by atoms with Crippen molar-refractivity contribution in [2.75, 3.05) is 25.4 Å². The number of sulfonamides is 1. The van der Waals surface area contributed by atoms with E-state index in [1.54, 1.807) is 0 Å². The van der Waals surface area contributed by atoms with Crippen molar-refractivity contribution in [1.82, 2.24) is 9.62 Å². The summed E-state index contributed by atoms with van der Waals surface area (Å²) in [6, 6.07) is 10.1. The van der Waals surface area contributed by atoms with Gasteiger partial charge in [-0.1, -0.05) is 30.3 Å². The highest BCUT2D eigenvalue weighted by Crippen LogP contribution is 2.12. The molecule has 0 spiro atoms. The molecule has 1 aromatic rings. The number of aryl methyl sites for hydroxylation is 1. The molecule has 6 heteroatoms. The van der Waals surface area contributed by atoms with Gasteiger partial charge in [-0.25, -0.2) is 8.42 Å². The Labute approximate surface area is 126 Å². The Morgan fingerprint density at radius 2 is 1.95 bits per heavy atom. The van der Waals surface area contributed by atoms with E-state index in [1.807, 2.05) is 18.2 Å². The number of nitrogens with zero attached hydrogens (tertiary/aromatic N) is 1. The summed E-state index contributed by atoms with van der Waals surface area (Å²) in [6.45, 7) is 0.981. The van der Waals surface area contributed by atoms with Crippen LogP contribution in [0.4, 0.5) is 0 Å². The number of hydrogen-bond acceptors (Lipinski definition) is 3. The first-order valence-corrected chi connectivity index (χ1v) is 8.97. The molecular formula is C15H22N2O3S. The predicted octanol–water partition coefficient (Wildman–Crippen LogP) is 1.16. The van der Waals surface area contributed by atoms with Crippen molar-refractivity contribution in [2.24, 2.45) is 0 Å². The number of nitrogens with one attached hydrogen (secondary N) is 1. The highest BCUT2D eigenvalue weighted by atomic mass is 32.2. The van der Waals surface area contributed by atoms with Gasteiger partial charge in [0.15, 0.2) is 0 Å². The SMILES string of the molecule is O=C(CN1CCCCS1(=O)=O)NCCCc1ccccc1. The van der Waals surface area contributed by atoms with Crippen molar-refractivity contribution in [2.45, 2.75) is 25.7 Å². The molecule has 0 radical (unpaired) electrons. The Morgan fingerprint density at radius 1 is 1.19 bits per heavy atom. The summed E-state index contributed by atoms with van der Waals surface area (Å²) in [7, 11) is -3.22. The predicted molar refractivity (Wildman–Crippen MR) is 82.4 cm³/mol. The molecule has 2 rings (SSSR count). The van der Waals surface area contributed by atoms with Crippen molar-refractivity contribution < 1.29 is 13.2 Å². The molecule has 1 aliphatic heterocycles. The van der Waals surface area contributed by atoms with Crippen LogP contribution in [0.15, 0.2) is 30.3 Å². The monoisotopic (exact) mass is 310 g/mol. The van der Waals surface area contributed by atoms with E-state index in [4.69, 9.17) is 0 Å². The minimum atomic E-state index is -3.22. The smallest absolute Gasteiger partial charge is 0.235 e. The van der Waals surface area contributed by atoms with E-state index in [0.717, 1.165) is 19.3 Å². The van der Waals surface area contributed by atoms with Crippen LogP contribution in [0.2, 0.25) is 0 Å². The molecule has 1 heterocycles. The second kappa shape index (κ2) is 7.56. The molecule has 0 aromatic heterocycles. The minimum absolute atomic E-state index is 0.0479. The van der Waals surface area contributed by atoms with Crippen LogP contribution in [-0.2, 0) is 21.2 Å². The molecular weight excluding hydrogens is 288 g/mol. The normalized spacial score (nSPS) is 18.3. The molecule has 0 atom stereocenters. The molecule has 1 aromatic carbocycles. The lowest BCUT2D eigenvalue weighted by Gasteiger charge is -2.25. The third-order valence-corrected chi connectivity index (χ3v) is 5.48. The molecule has 1 saturated heterocycles. The second-order valence-corrected chi connectivity index (χ2v) is 7.38. The Morgan fingerprint density at radius 3 is 2.67 bits per heavy atom. The molecule has 116 valence electrons. The van der Waals surface area contributed by atoms with Crippen molar-refractivity contribution in [3.05, 3.63) is 35.9 Å². The third-order valence-electron chi connectivity index (χ3n) is 3.58. The van der Waals surface area contributed by atoms with E-state index >= 15 is 0 Å². The lowest BCUT2D eigenvalue weighted by molar-refractivity contribution is -0.121. The van der Waals surface area contributed by atoms with Crippen molar-refractivity contribution in [3.8, 4) is 0 Å². The summed E-state index contributed by atoms with van der Waals surface area (Å²) in [4.78, 5) is 11.8. The molecule has 0 saturated carbocycles. The summed E-state index contributed by atoms with van der Waals surface area (Å²) in [5, 5.41) is 2.79. The molecule has 1 amide bonds. The highest BCUT2D eigenvalue weighted by molar-refractivity contribution is 7.89. The summed E-state index contributed by atoms with van der Waals surface area (Å²) in [6.07, 6.45) is 3.28. The van der Waals surface area contributed by atoms with Crippen LogP contribution in [0.5, 0.6) is 0 Å². The maximum absolute atomic E-state index is 11.8. The summed E-state index contributed by atoms with van der Waals surface area (Å²) >= 11 is 0. The number of rotatable bonds is 6. The zero-order valence-electron chi connectivity index (χ0n) is 12.1. The first-order valence-electron chi connectivity index (χ1n) is 7.36. The van der Waals surface area contributed by atoms with Gasteiger partial charge in [-0.15, -0.1) is 0 Å². The average Bonchev–Trinajstić information content (AvgIpc) is 2.47. The molecule has 0 bridgehead atoms. The minimum Gasteiger partial charge on any atom is -0.355 e. The fourth-order valence-electron chi connectivity index (χ4n) is 2.40. The molecule has 5 nitrogen and oxygen atoms in total. The van der Waals surface area contributed by atoms with E-state index in [1.165, 1.54) is 9.87 Å². The number of hydrogen-bond donors (Lipinski definition) is 1. The second-order valence-electron chi connectivity index (χ2n) is 5.30. The molecule has 1 N–H and O–H groups in total. The van der Waals surface area contributed by atoms with Gasteiger partial charge in [0.1, 0.15) is 0 Å². The van der Waals surface area contributed by atoms with Crippen LogP contribution in [0.1, 0.15) is 24.8 Å². The van der Waals surface area contributed by atoms with Crippen LogP contribution < -0.4 is 5.32 Å². The number of carbonyl (C=O) groups is 1. The zero-order chi connectivity index (χ0) is 15.1. The van der Waals surface area contributed by atoms with Crippen LogP contribution in [0.25, 0.3) is 0 Å². The van der Waals surface area contributed by atoms with Crippen LogP contribution in [0, 0.1) is 0 Å². The fourth-order valence-corrected chi connectivity index (χ4v) is 3.95. The average molecular weight is 310 g/mol. The fraction of sp³-hybridized carbons (Fsp3) is 0.533. The van der Waals surface area contributed by atoms with E-state index in [0.29, 0.717) is 19.5 Å². The van der Waals surface area contributed by atoms with Gasteiger partial charge in [0.2, 0.25) is 15.9 Å². The largest absolute Gasteiger partial charge is 0.355 e. The number of carbonyl (C=O) groups excluding carboxylic acids is 1. The van der Waals surface area contributed by atoms with Crippen molar-refractivity contribution >= 4 is 15.9 Å². The van der Waals surface area contributed by atoms with E-state index < -0.39 is 10.0 Å². The first-order chi connectivity index (χ1) is 10.1. The quantitative estimate of drug-likeness (QED) is 0.802. The maximum Gasteiger partial charge on any atom is 0.235 e. The standard InChI is InChI=1S/C15H22N2O3S/c18-15(13-17-11-4-5-12-21(17,19)20)16-10-6-9-14-7-2-1-3-8-14/h1-3,7-8H,4-6,9-13H2,(H,16,18). The van der Waals surface area contributed by atoms with Crippen molar-refractivity contribution in [3.63, 3.8) is 0 Å². The zero-order valence-corrected chi connectivity index (χ0v) is 12.9. The molecule has 1 fully saturated rings. The van der Waals surface area contributed by atoms with Gasteiger partial charge in [0, 0.05) is 13.1 Å². The van der Waals surface area contributed by atoms with E-state index in [9.17, 15) is 13.2 Å². The van der Waals surface area contributed by atoms with Gasteiger partial charge in [0.25, 0.3) is 0 Å². The van der Waals surface area contributed by atoms with Gasteiger partial charge in [-0.2, -0.15) is 4.31 Å². The van der Waals surface area contributed by atoms with Gasteiger partial charge in [0.05, 0.1) is 12.3 Å². The maximum atomic E-state index is 11.8. The Kier molecular flexibility index (Phi) is 5.76. The van der Waals surface area contributed by atoms with Crippen LogP contribution >= 0.6 is 0 Å². The summed E-state index contributed by atoms with van der Waals surface area (Å²) < 4.78 is 24.9. The number of amides is 1. The van der Waals surface area contributed by atoms with Gasteiger partial charge < -0.3 is 5.32 Å². The van der Waals surface area contributed by atoms with E-state index in [2.05, 4.69) is 17.4 Å².